The summed E-state index contributed by atoms with van der Waals surface area (Å²) < 4.78 is 7.19. The fraction of sp³-hybridized carbons (Fsp3) is 0.289. The molecule has 0 radical (unpaired) electrons. The number of hydrogen-bond donors (Lipinski definition) is 5. The highest BCUT2D eigenvalue weighted by molar-refractivity contribution is 6.25. The average Bonchev–Trinajstić information content (AvgIpc) is 3.96. The van der Waals surface area contributed by atoms with Crippen molar-refractivity contribution in [2.24, 2.45) is 0 Å². The van der Waals surface area contributed by atoms with Crippen molar-refractivity contribution in [3.05, 3.63) is 95.8 Å². The number of unbranched alkanes of at least 4 members (excludes halogenated alkanes) is 3. The molecule has 2 aromatic carbocycles. The maximum absolute atomic E-state index is 13.2. The Kier molecular flexibility index (Phi) is 10.9. The third-order valence-electron chi connectivity index (χ3n) is 9.40. The predicted molar refractivity (Wildman–Crippen MR) is 198 cm³/mol. The van der Waals surface area contributed by atoms with E-state index in [0.717, 1.165) is 41.9 Å². The van der Waals surface area contributed by atoms with Gasteiger partial charge in [-0.2, -0.15) is 0 Å². The molecule has 1 atom stereocenters. The van der Waals surface area contributed by atoms with Crippen LogP contribution in [0.1, 0.15) is 75.4 Å². The summed E-state index contributed by atoms with van der Waals surface area (Å²) in [5.41, 5.74) is 3.07. The quantitative estimate of drug-likeness (QED) is 0.0727. The molecule has 5 heterocycles. The van der Waals surface area contributed by atoms with Crippen molar-refractivity contribution in [1.29, 1.82) is 0 Å². The lowest BCUT2D eigenvalue weighted by atomic mass is 10.0. The summed E-state index contributed by atoms with van der Waals surface area (Å²) in [6.07, 6.45) is 8.23. The molecule has 0 spiro atoms. The third kappa shape index (κ3) is 8.04. The van der Waals surface area contributed by atoms with Crippen LogP contribution in [0.3, 0.4) is 0 Å². The molecule has 3 aromatic heterocycles. The number of hydrogen-bond acceptors (Lipinski definition) is 12. The van der Waals surface area contributed by atoms with Crippen LogP contribution in [0.25, 0.3) is 16.9 Å². The number of carbonyl (C=O) groups is 6. The highest BCUT2D eigenvalue weighted by atomic mass is 16.3. The van der Waals surface area contributed by atoms with E-state index in [1.807, 2.05) is 28.7 Å². The standard InChI is InChI=1S/C38H38N10O7/c49-30-15-14-28(36(52)45-30)48-37(53)26-8-5-9-27(32(26)38(48)54)41-21-31(50)39-16-3-1-2-4-17-40-35(51)24-12-10-23(11-13-24)33-34-46-44-22-47(34)29(20-43-33)42-19-25-7-6-18-55-25/h5-13,18,20,22,28,41-42H,1-4,14-17,19,21H2,(H,39,50)(H,40,51)(H,45,49,52). The Morgan fingerprint density at radius 2 is 1.69 bits per heavy atom. The molecule has 1 unspecified atom stereocenters. The summed E-state index contributed by atoms with van der Waals surface area (Å²) in [6.45, 7) is 1.32. The highest BCUT2D eigenvalue weighted by Gasteiger charge is 2.45. The maximum atomic E-state index is 13.2. The molecule has 55 heavy (non-hydrogen) atoms. The largest absolute Gasteiger partial charge is 0.467 e. The van der Waals surface area contributed by atoms with E-state index in [2.05, 4.69) is 41.8 Å². The SMILES string of the molecule is O=C(CNc1cccc2c1C(=O)N(C1CCC(=O)NC1=O)C2=O)NCCCCCCNC(=O)c1ccc(-c2ncc(NCc3ccco3)n3cnnc23)cc1. The van der Waals surface area contributed by atoms with Crippen LogP contribution in [-0.4, -0.2) is 85.6 Å². The Labute approximate surface area is 314 Å². The van der Waals surface area contributed by atoms with Gasteiger partial charge in [0.1, 0.15) is 29.6 Å². The number of nitrogens with one attached hydrogen (secondary N) is 5. The number of amides is 6. The molecule has 5 N–H and O–H groups in total. The normalized spacial score (nSPS) is 15.2. The van der Waals surface area contributed by atoms with Crippen LogP contribution in [0.4, 0.5) is 11.5 Å². The van der Waals surface area contributed by atoms with Gasteiger partial charge >= 0.3 is 0 Å². The fourth-order valence-electron chi connectivity index (χ4n) is 6.56. The van der Waals surface area contributed by atoms with E-state index in [1.165, 1.54) is 6.07 Å². The van der Waals surface area contributed by atoms with E-state index in [4.69, 9.17) is 4.42 Å². The van der Waals surface area contributed by atoms with Crippen LogP contribution in [0.15, 0.2) is 77.8 Å². The zero-order valence-electron chi connectivity index (χ0n) is 29.7. The Bertz CT molecular complexity index is 2250. The van der Waals surface area contributed by atoms with E-state index in [0.29, 0.717) is 48.0 Å². The minimum absolute atomic E-state index is 0.0275. The number of furan rings is 1. The molecule has 282 valence electrons. The lowest BCUT2D eigenvalue weighted by molar-refractivity contribution is -0.136. The number of carbonyl (C=O) groups excluding carboxylic acids is 6. The lowest BCUT2D eigenvalue weighted by Crippen LogP contribution is -2.54. The van der Waals surface area contributed by atoms with E-state index >= 15 is 0 Å². The molecule has 5 aromatic rings. The van der Waals surface area contributed by atoms with E-state index in [1.54, 1.807) is 43.1 Å². The van der Waals surface area contributed by atoms with Gasteiger partial charge in [0.2, 0.25) is 17.7 Å². The number of piperidine rings is 1. The predicted octanol–water partition coefficient (Wildman–Crippen LogP) is 2.92. The summed E-state index contributed by atoms with van der Waals surface area (Å²) in [6, 6.07) is 14.5. The fourth-order valence-corrected chi connectivity index (χ4v) is 6.56. The van der Waals surface area contributed by atoms with Crippen LogP contribution in [0, 0.1) is 0 Å². The highest BCUT2D eigenvalue weighted by Crippen LogP contribution is 2.32. The number of imide groups is 2. The summed E-state index contributed by atoms with van der Waals surface area (Å²) in [5.74, 6) is -1.36. The van der Waals surface area contributed by atoms with Crippen molar-refractivity contribution in [3.8, 4) is 11.3 Å². The minimum atomic E-state index is -1.07. The summed E-state index contributed by atoms with van der Waals surface area (Å²) in [5, 5.41) is 22.5. The van der Waals surface area contributed by atoms with Gasteiger partial charge in [0.15, 0.2) is 5.65 Å². The molecule has 0 saturated carbocycles. The third-order valence-corrected chi connectivity index (χ3v) is 9.40. The molecule has 17 heteroatoms. The Hall–Kier alpha value is -6.91. The monoisotopic (exact) mass is 746 g/mol. The average molecular weight is 747 g/mol. The number of benzene rings is 2. The number of fused-ring (bicyclic) bond motifs is 2. The molecule has 6 amide bonds. The van der Waals surface area contributed by atoms with Crippen LogP contribution in [-0.2, 0) is 20.9 Å². The second kappa shape index (κ2) is 16.4. The molecular weight excluding hydrogens is 708 g/mol. The first-order valence-electron chi connectivity index (χ1n) is 18.0. The lowest BCUT2D eigenvalue weighted by Gasteiger charge is -2.27. The van der Waals surface area contributed by atoms with Crippen molar-refractivity contribution in [3.63, 3.8) is 0 Å². The van der Waals surface area contributed by atoms with Crippen LogP contribution < -0.4 is 26.6 Å². The minimum Gasteiger partial charge on any atom is -0.467 e. The van der Waals surface area contributed by atoms with E-state index in [-0.39, 0.29) is 42.3 Å². The van der Waals surface area contributed by atoms with Gasteiger partial charge in [-0.15, -0.1) is 10.2 Å². The Morgan fingerprint density at radius 1 is 0.891 bits per heavy atom. The smallest absolute Gasteiger partial charge is 0.264 e. The van der Waals surface area contributed by atoms with Gasteiger partial charge in [-0.3, -0.25) is 43.4 Å². The molecule has 2 aliphatic heterocycles. The second-order valence-corrected chi connectivity index (χ2v) is 13.1. The van der Waals surface area contributed by atoms with E-state index < -0.39 is 29.7 Å². The first-order chi connectivity index (χ1) is 26.8. The van der Waals surface area contributed by atoms with Crippen molar-refractivity contribution in [1.82, 2.24) is 40.4 Å². The number of aromatic nitrogens is 4. The second-order valence-electron chi connectivity index (χ2n) is 13.1. The molecule has 7 rings (SSSR count). The number of anilines is 2. The first kappa shape index (κ1) is 36.4. The maximum Gasteiger partial charge on any atom is 0.264 e. The van der Waals surface area contributed by atoms with Gasteiger partial charge in [-0.25, -0.2) is 4.98 Å². The Balaban J connectivity index is 0.795. The van der Waals surface area contributed by atoms with Crippen LogP contribution >= 0.6 is 0 Å². The molecule has 0 aliphatic carbocycles. The molecular formula is C38H38N10O7. The zero-order valence-corrected chi connectivity index (χ0v) is 29.7. The topological polar surface area (TPSA) is 222 Å². The van der Waals surface area contributed by atoms with Crippen molar-refractivity contribution >= 4 is 52.6 Å². The molecule has 1 fully saturated rings. The number of rotatable bonds is 16. The Morgan fingerprint density at radius 3 is 2.45 bits per heavy atom. The van der Waals surface area contributed by atoms with Gasteiger partial charge in [-0.1, -0.05) is 31.0 Å². The van der Waals surface area contributed by atoms with Gasteiger partial charge in [0, 0.05) is 36.3 Å². The van der Waals surface area contributed by atoms with Crippen molar-refractivity contribution < 1.29 is 33.2 Å². The van der Waals surface area contributed by atoms with Gasteiger partial charge in [0.25, 0.3) is 17.7 Å². The van der Waals surface area contributed by atoms with Crippen molar-refractivity contribution in [2.75, 3.05) is 30.3 Å². The molecule has 0 bridgehead atoms. The number of nitrogens with zero attached hydrogens (tertiary/aromatic N) is 5. The van der Waals surface area contributed by atoms with Crippen LogP contribution in [0.5, 0.6) is 0 Å². The van der Waals surface area contributed by atoms with Gasteiger partial charge in [-0.05, 0) is 55.7 Å². The van der Waals surface area contributed by atoms with Gasteiger partial charge < -0.3 is 25.7 Å². The molecule has 2 aliphatic rings. The summed E-state index contributed by atoms with van der Waals surface area (Å²) in [7, 11) is 0. The molecule has 1 saturated heterocycles. The summed E-state index contributed by atoms with van der Waals surface area (Å²) in [4.78, 5) is 80.9. The zero-order chi connectivity index (χ0) is 38.3. The van der Waals surface area contributed by atoms with Crippen molar-refractivity contribution in [2.45, 2.75) is 51.1 Å². The van der Waals surface area contributed by atoms with Crippen LogP contribution in [0.2, 0.25) is 0 Å². The van der Waals surface area contributed by atoms with Gasteiger partial charge in [0.05, 0.1) is 36.7 Å². The van der Waals surface area contributed by atoms with E-state index in [9.17, 15) is 28.8 Å². The summed E-state index contributed by atoms with van der Waals surface area (Å²) >= 11 is 0. The molecule has 17 nitrogen and oxygen atoms in total. The first-order valence-corrected chi connectivity index (χ1v) is 18.0.